The van der Waals surface area contributed by atoms with Crippen LogP contribution in [0.3, 0.4) is 0 Å². The second-order valence-electron chi connectivity index (χ2n) is 4.08. The first-order chi connectivity index (χ1) is 8.27. The summed E-state index contributed by atoms with van der Waals surface area (Å²) in [6, 6.07) is 9.98. The number of hydrogen-bond donors (Lipinski definition) is 2. The maximum Gasteiger partial charge on any atom is 0.0603 e. The number of pyridine rings is 1. The van der Waals surface area contributed by atoms with Crippen LogP contribution in [0.2, 0.25) is 0 Å². The summed E-state index contributed by atoms with van der Waals surface area (Å²) in [5.74, 6) is 0. The zero-order valence-electron chi connectivity index (χ0n) is 9.98. The van der Waals surface area contributed by atoms with E-state index in [1.807, 2.05) is 24.4 Å². The molecule has 0 saturated carbocycles. The van der Waals surface area contributed by atoms with Crippen molar-refractivity contribution in [2.75, 3.05) is 17.6 Å². The Labute approximate surface area is 102 Å². The third-order valence-electron chi connectivity index (χ3n) is 2.74. The highest BCUT2D eigenvalue weighted by Gasteiger charge is 2.01. The van der Waals surface area contributed by atoms with Crippen molar-refractivity contribution >= 4 is 11.4 Å². The summed E-state index contributed by atoms with van der Waals surface area (Å²) in [5.41, 5.74) is 10.2. The molecule has 0 saturated heterocycles. The lowest BCUT2D eigenvalue weighted by atomic mass is 10.1. The van der Waals surface area contributed by atoms with E-state index >= 15 is 0 Å². The minimum atomic E-state index is 0.802. The molecule has 0 aliphatic carbocycles. The van der Waals surface area contributed by atoms with Crippen molar-refractivity contribution in [3.63, 3.8) is 0 Å². The molecule has 1 aromatic carbocycles. The Balaban J connectivity index is 1.95. The van der Waals surface area contributed by atoms with Crippen molar-refractivity contribution in [1.29, 1.82) is 0 Å². The first-order valence-corrected chi connectivity index (χ1v) is 5.75. The molecule has 17 heavy (non-hydrogen) atoms. The number of para-hydroxylation sites is 1. The number of nitrogens with zero attached hydrogens (tertiary/aromatic N) is 1. The zero-order chi connectivity index (χ0) is 12.1. The minimum absolute atomic E-state index is 0.802. The molecule has 88 valence electrons. The summed E-state index contributed by atoms with van der Waals surface area (Å²) in [7, 11) is 0. The van der Waals surface area contributed by atoms with Gasteiger partial charge in [-0.05, 0) is 36.6 Å². The van der Waals surface area contributed by atoms with Gasteiger partial charge in [0.15, 0.2) is 0 Å². The van der Waals surface area contributed by atoms with Gasteiger partial charge in [0.25, 0.3) is 0 Å². The maximum absolute atomic E-state index is 5.93. The molecule has 2 aromatic rings. The van der Waals surface area contributed by atoms with E-state index in [2.05, 4.69) is 29.4 Å². The molecule has 2 rings (SSSR count). The van der Waals surface area contributed by atoms with Crippen LogP contribution in [0, 0.1) is 6.92 Å². The number of aromatic nitrogens is 1. The normalized spacial score (nSPS) is 10.2. The van der Waals surface area contributed by atoms with Crippen LogP contribution in [-0.2, 0) is 6.42 Å². The molecule has 1 aromatic heterocycles. The van der Waals surface area contributed by atoms with Crippen LogP contribution >= 0.6 is 0 Å². The number of rotatable bonds is 4. The summed E-state index contributed by atoms with van der Waals surface area (Å²) < 4.78 is 0. The fraction of sp³-hybridized carbons (Fsp3) is 0.214. The summed E-state index contributed by atoms with van der Waals surface area (Å²) in [6.07, 6.45) is 4.63. The van der Waals surface area contributed by atoms with Gasteiger partial charge in [-0.1, -0.05) is 18.2 Å². The van der Waals surface area contributed by atoms with Crippen LogP contribution < -0.4 is 11.1 Å². The lowest BCUT2D eigenvalue weighted by molar-refractivity contribution is 1.00. The van der Waals surface area contributed by atoms with Gasteiger partial charge in [0, 0.05) is 18.9 Å². The van der Waals surface area contributed by atoms with Crippen LogP contribution in [0.15, 0.2) is 42.7 Å². The van der Waals surface area contributed by atoms with Crippen LogP contribution in [0.5, 0.6) is 0 Å². The Kier molecular flexibility index (Phi) is 3.60. The zero-order valence-corrected chi connectivity index (χ0v) is 9.98. The van der Waals surface area contributed by atoms with Crippen molar-refractivity contribution in [2.24, 2.45) is 0 Å². The number of nitrogen functional groups attached to an aromatic ring is 1. The van der Waals surface area contributed by atoms with E-state index in [0.29, 0.717) is 0 Å². The molecular formula is C14H17N3. The number of benzene rings is 1. The summed E-state index contributed by atoms with van der Waals surface area (Å²) >= 11 is 0. The maximum atomic E-state index is 5.93. The second-order valence-corrected chi connectivity index (χ2v) is 4.08. The van der Waals surface area contributed by atoms with Crippen molar-refractivity contribution in [3.8, 4) is 0 Å². The predicted octanol–water partition coefficient (Wildman–Crippen LogP) is 2.63. The summed E-state index contributed by atoms with van der Waals surface area (Å²) in [4.78, 5) is 4.09. The van der Waals surface area contributed by atoms with Gasteiger partial charge in [0.05, 0.1) is 11.4 Å². The van der Waals surface area contributed by atoms with Gasteiger partial charge >= 0.3 is 0 Å². The van der Waals surface area contributed by atoms with E-state index in [0.717, 1.165) is 24.3 Å². The van der Waals surface area contributed by atoms with E-state index in [9.17, 15) is 0 Å². The minimum Gasteiger partial charge on any atom is -0.397 e. The Morgan fingerprint density at radius 3 is 2.82 bits per heavy atom. The van der Waals surface area contributed by atoms with Gasteiger partial charge in [-0.25, -0.2) is 0 Å². The average molecular weight is 227 g/mol. The molecule has 0 unspecified atom stereocenters. The van der Waals surface area contributed by atoms with E-state index in [4.69, 9.17) is 5.73 Å². The average Bonchev–Trinajstić information content (AvgIpc) is 2.34. The molecule has 0 bridgehead atoms. The molecule has 0 atom stereocenters. The lowest BCUT2D eigenvalue weighted by Crippen LogP contribution is -2.08. The van der Waals surface area contributed by atoms with Crippen LogP contribution in [-0.4, -0.2) is 11.5 Å². The van der Waals surface area contributed by atoms with Crippen molar-refractivity contribution < 1.29 is 0 Å². The van der Waals surface area contributed by atoms with Gasteiger partial charge in [0.2, 0.25) is 0 Å². The van der Waals surface area contributed by atoms with Gasteiger partial charge in [-0.15, -0.1) is 0 Å². The third-order valence-corrected chi connectivity index (χ3v) is 2.74. The van der Waals surface area contributed by atoms with Gasteiger partial charge < -0.3 is 11.1 Å². The van der Waals surface area contributed by atoms with Crippen LogP contribution in [0.1, 0.15) is 11.1 Å². The molecule has 3 N–H and O–H groups in total. The first-order valence-electron chi connectivity index (χ1n) is 5.75. The van der Waals surface area contributed by atoms with E-state index in [1.165, 1.54) is 11.1 Å². The monoisotopic (exact) mass is 227 g/mol. The fourth-order valence-corrected chi connectivity index (χ4v) is 1.81. The fourth-order valence-electron chi connectivity index (χ4n) is 1.81. The highest BCUT2D eigenvalue weighted by molar-refractivity contribution is 5.69. The Morgan fingerprint density at radius 1 is 1.24 bits per heavy atom. The Hall–Kier alpha value is -2.03. The van der Waals surface area contributed by atoms with Crippen molar-refractivity contribution in [2.45, 2.75) is 13.3 Å². The number of anilines is 2. The summed E-state index contributed by atoms with van der Waals surface area (Å²) in [6.45, 7) is 2.92. The first kappa shape index (κ1) is 11.5. The van der Waals surface area contributed by atoms with Crippen molar-refractivity contribution in [3.05, 3.63) is 53.9 Å². The molecule has 0 fully saturated rings. The van der Waals surface area contributed by atoms with Gasteiger partial charge in [-0.3, -0.25) is 4.98 Å². The third kappa shape index (κ3) is 2.97. The SMILES string of the molecule is Cc1cccc(N)c1NCCc1cccnc1. The van der Waals surface area contributed by atoms with E-state index < -0.39 is 0 Å². The van der Waals surface area contributed by atoms with E-state index in [1.54, 1.807) is 6.20 Å². The predicted molar refractivity (Wildman–Crippen MR) is 72.0 cm³/mol. The summed E-state index contributed by atoms with van der Waals surface area (Å²) in [5, 5.41) is 3.38. The van der Waals surface area contributed by atoms with Gasteiger partial charge in [0.1, 0.15) is 0 Å². The highest BCUT2D eigenvalue weighted by Crippen LogP contribution is 2.22. The van der Waals surface area contributed by atoms with Crippen molar-refractivity contribution in [1.82, 2.24) is 4.98 Å². The molecule has 1 heterocycles. The number of aryl methyl sites for hydroxylation is 1. The number of hydrogen-bond acceptors (Lipinski definition) is 3. The number of nitrogens with two attached hydrogens (primary N) is 1. The molecule has 0 amide bonds. The molecular weight excluding hydrogens is 210 g/mol. The quantitative estimate of drug-likeness (QED) is 0.789. The molecule has 3 heteroatoms. The molecule has 3 nitrogen and oxygen atoms in total. The Bertz CT molecular complexity index is 460. The molecule has 0 aliphatic rings. The van der Waals surface area contributed by atoms with Crippen LogP contribution in [0.4, 0.5) is 11.4 Å². The molecule has 0 spiro atoms. The highest BCUT2D eigenvalue weighted by atomic mass is 14.9. The standard InChI is InChI=1S/C14H17N3/c1-11-4-2-6-13(15)14(11)17-9-7-12-5-3-8-16-10-12/h2-6,8,10,17H,7,9,15H2,1H3. The lowest BCUT2D eigenvalue weighted by Gasteiger charge is -2.11. The molecule has 0 radical (unpaired) electrons. The smallest absolute Gasteiger partial charge is 0.0603 e. The molecule has 0 aliphatic heterocycles. The number of nitrogens with one attached hydrogen (secondary N) is 1. The van der Waals surface area contributed by atoms with E-state index in [-0.39, 0.29) is 0 Å². The largest absolute Gasteiger partial charge is 0.397 e. The van der Waals surface area contributed by atoms with Crippen LogP contribution in [0.25, 0.3) is 0 Å². The van der Waals surface area contributed by atoms with Gasteiger partial charge in [-0.2, -0.15) is 0 Å². The second kappa shape index (κ2) is 5.34. The topological polar surface area (TPSA) is 50.9 Å². The Morgan fingerprint density at radius 2 is 2.12 bits per heavy atom.